The number of nitrogens with one attached hydrogen (secondary N) is 2. The van der Waals surface area contributed by atoms with Gasteiger partial charge in [-0.15, -0.1) is 0 Å². The molecule has 1 saturated carbocycles. The van der Waals surface area contributed by atoms with Gasteiger partial charge in [0, 0.05) is 31.7 Å². The highest BCUT2D eigenvalue weighted by atomic mass is 19.3. The van der Waals surface area contributed by atoms with Crippen molar-refractivity contribution in [2.24, 2.45) is 0 Å². The third-order valence-corrected chi connectivity index (χ3v) is 6.29. The molecule has 0 aromatic carbocycles. The van der Waals surface area contributed by atoms with Crippen LogP contribution >= 0.6 is 0 Å². The average molecular weight is 389 g/mol. The number of hydrogen-bond donors (Lipinski definition) is 2. The molecule has 2 unspecified atom stereocenters. The van der Waals surface area contributed by atoms with Crippen molar-refractivity contribution in [1.82, 2.24) is 19.9 Å². The van der Waals surface area contributed by atoms with Crippen molar-refractivity contribution in [2.45, 2.75) is 56.4 Å². The van der Waals surface area contributed by atoms with Crippen molar-refractivity contribution in [3.63, 3.8) is 0 Å². The summed E-state index contributed by atoms with van der Waals surface area (Å²) in [5.74, 6) is -2.32. The van der Waals surface area contributed by atoms with Gasteiger partial charge < -0.3 is 15.2 Å². The fourth-order valence-corrected chi connectivity index (χ4v) is 4.58. The summed E-state index contributed by atoms with van der Waals surface area (Å²) in [6, 6.07) is -0.00426. The lowest BCUT2D eigenvalue weighted by atomic mass is 9.78. The van der Waals surface area contributed by atoms with Crippen LogP contribution in [-0.2, 0) is 10.2 Å². The summed E-state index contributed by atoms with van der Waals surface area (Å²) in [7, 11) is 0. The maximum absolute atomic E-state index is 14.7. The maximum Gasteiger partial charge on any atom is 0.257 e. The third kappa shape index (κ3) is 2.95. The Balaban J connectivity index is 1.68. The number of nitrogens with zero attached hydrogens (tertiary/aromatic N) is 3. The summed E-state index contributed by atoms with van der Waals surface area (Å²) in [4.78, 5) is 25.3. The fourth-order valence-electron chi connectivity index (χ4n) is 4.58. The van der Waals surface area contributed by atoms with E-state index in [-0.39, 0.29) is 18.4 Å². The van der Waals surface area contributed by atoms with Crippen molar-refractivity contribution in [3.8, 4) is 0 Å². The molecule has 2 aromatic rings. The number of amides is 1. The van der Waals surface area contributed by atoms with Crippen molar-refractivity contribution >= 4 is 22.8 Å². The molecule has 4 rings (SSSR count). The Bertz CT molecular complexity index is 911. The van der Waals surface area contributed by atoms with Crippen LogP contribution in [0.15, 0.2) is 25.2 Å². The van der Waals surface area contributed by atoms with Gasteiger partial charge in [-0.3, -0.25) is 4.79 Å². The molecule has 0 bridgehead atoms. The molecule has 1 aliphatic carbocycles. The molecule has 0 spiro atoms. The number of anilines is 1. The van der Waals surface area contributed by atoms with Gasteiger partial charge in [0.1, 0.15) is 17.8 Å². The SMILES string of the molecule is C=CC(=O)N1CCCC(Nc2ncnc3[nH]cc(C4(C)CCCC4(F)F)c23)C1. The van der Waals surface area contributed by atoms with E-state index < -0.39 is 11.3 Å². The summed E-state index contributed by atoms with van der Waals surface area (Å²) < 4.78 is 29.5. The van der Waals surface area contributed by atoms with E-state index in [2.05, 4.69) is 26.8 Å². The lowest BCUT2D eigenvalue weighted by molar-refractivity contribution is -0.127. The predicted octanol–water partition coefficient (Wildman–Crippen LogP) is 3.62. The van der Waals surface area contributed by atoms with Gasteiger partial charge in [-0.1, -0.05) is 6.58 Å². The summed E-state index contributed by atoms with van der Waals surface area (Å²) >= 11 is 0. The Kier molecular flexibility index (Phi) is 4.59. The number of fused-ring (bicyclic) bond motifs is 1. The summed E-state index contributed by atoms with van der Waals surface area (Å²) in [6.07, 6.45) is 6.95. The van der Waals surface area contributed by atoms with Crippen molar-refractivity contribution in [2.75, 3.05) is 18.4 Å². The number of piperidine rings is 1. The minimum atomic E-state index is -2.77. The van der Waals surface area contributed by atoms with Gasteiger partial charge >= 0.3 is 0 Å². The zero-order chi connectivity index (χ0) is 19.9. The number of likely N-dealkylation sites (tertiary alicyclic amines) is 1. The largest absolute Gasteiger partial charge is 0.365 e. The van der Waals surface area contributed by atoms with E-state index >= 15 is 0 Å². The monoisotopic (exact) mass is 389 g/mol. The van der Waals surface area contributed by atoms with Crippen molar-refractivity contribution in [1.29, 1.82) is 0 Å². The van der Waals surface area contributed by atoms with Crippen molar-refractivity contribution in [3.05, 3.63) is 30.7 Å². The van der Waals surface area contributed by atoms with E-state index in [1.54, 1.807) is 18.0 Å². The van der Waals surface area contributed by atoms with Gasteiger partial charge in [-0.05, 0) is 44.2 Å². The molecule has 3 heterocycles. The second-order valence-corrected chi connectivity index (χ2v) is 8.01. The normalized spacial score (nSPS) is 27.1. The predicted molar refractivity (Wildman–Crippen MR) is 103 cm³/mol. The molecule has 2 aliphatic rings. The molecule has 28 heavy (non-hydrogen) atoms. The van der Waals surface area contributed by atoms with Crippen LogP contribution in [0.1, 0.15) is 44.6 Å². The first-order valence-electron chi connectivity index (χ1n) is 9.74. The van der Waals surface area contributed by atoms with Crippen LogP contribution in [0.25, 0.3) is 11.0 Å². The van der Waals surface area contributed by atoms with E-state index in [9.17, 15) is 13.6 Å². The molecule has 0 radical (unpaired) electrons. The summed E-state index contributed by atoms with van der Waals surface area (Å²) in [6.45, 7) is 6.41. The molecular weight excluding hydrogens is 364 g/mol. The Morgan fingerprint density at radius 3 is 2.93 bits per heavy atom. The standard InChI is InChI=1S/C20H25F2N5O/c1-3-15(28)27-9-4-6-13(11-27)26-18-16-14(10-23-17(16)24-12-25-18)19(2)7-5-8-20(19,21)22/h3,10,12-13H,1,4-9,11H2,2H3,(H2,23,24,25,26). The summed E-state index contributed by atoms with van der Waals surface area (Å²) in [5.41, 5.74) is -0.140. The maximum atomic E-state index is 14.7. The van der Waals surface area contributed by atoms with Gasteiger partial charge in [0.25, 0.3) is 5.92 Å². The summed E-state index contributed by atoms with van der Waals surface area (Å²) in [5, 5.41) is 4.01. The van der Waals surface area contributed by atoms with E-state index in [0.717, 1.165) is 12.8 Å². The zero-order valence-corrected chi connectivity index (χ0v) is 16.0. The van der Waals surface area contributed by atoms with E-state index in [4.69, 9.17) is 0 Å². The second-order valence-electron chi connectivity index (χ2n) is 8.01. The minimum absolute atomic E-state index is 0.00426. The van der Waals surface area contributed by atoms with Crippen molar-refractivity contribution < 1.29 is 13.6 Å². The number of hydrogen-bond acceptors (Lipinski definition) is 4. The molecule has 2 atom stereocenters. The molecule has 2 N–H and O–H groups in total. The highest BCUT2D eigenvalue weighted by molar-refractivity contribution is 5.91. The first kappa shape index (κ1) is 18.8. The number of aromatic nitrogens is 3. The van der Waals surface area contributed by atoms with Gasteiger partial charge in [0.2, 0.25) is 5.91 Å². The molecule has 1 amide bonds. The van der Waals surface area contributed by atoms with E-state index in [1.807, 2.05) is 0 Å². The minimum Gasteiger partial charge on any atom is -0.365 e. The first-order chi connectivity index (χ1) is 13.4. The average Bonchev–Trinajstić information content (AvgIpc) is 3.23. The second kappa shape index (κ2) is 6.83. The Morgan fingerprint density at radius 1 is 1.39 bits per heavy atom. The number of carbonyl (C=O) groups is 1. The lowest BCUT2D eigenvalue weighted by Crippen LogP contribution is -2.44. The van der Waals surface area contributed by atoms with E-state index in [0.29, 0.717) is 48.3 Å². The van der Waals surface area contributed by atoms with Crippen LogP contribution < -0.4 is 5.32 Å². The van der Waals surface area contributed by atoms with Gasteiger partial charge in [0.15, 0.2) is 0 Å². The Hall–Kier alpha value is -2.51. The molecule has 150 valence electrons. The number of aromatic amines is 1. The van der Waals surface area contributed by atoms with Crippen LogP contribution in [0, 0.1) is 0 Å². The number of rotatable bonds is 4. The van der Waals surface area contributed by atoms with Crippen LogP contribution in [0.5, 0.6) is 0 Å². The van der Waals surface area contributed by atoms with Crippen LogP contribution in [0.4, 0.5) is 14.6 Å². The molecule has 1 aliphatic heterocycles. The van der Waals surface area contributed by atoms with Crippen LogP contribution in [-0.4, -0.2) is 50.8 Å². The van der Waals surface area contributed by atoms with Gasteiger partial charge in [-0.25, -0.2) is 18.7 Å². The van der Waals surface area contributed by atoms with Crippen LogP contribution in [0.2, 0.25) is 0 Å². The first-order valence-corrected chi connectivity index (χ1v) is 9.74. The Labute approximate surface area is 162 Å². The highest BCUT2D eigenvalue weighted by Crippen LogP contribution is 2.53. The lowest BCUT2D eigenvalue weighted by Gasteiger charge is -2.34. The molecule has 8 heteroatoms. The zero-order valence-electron chi connectivity index (χ0n) is 16.0. The number of alkyl halides is 2. The molecular formula is C20H25F2N5O. The molecule has 2 fully saturated rings. The molecule has 2 aromatic heterocycles. The Morgan fingerprint density at radius 2 is 2.21 bits per heavy atom. The molecule has 6 nitrogen and oxygen atoms in total. The highest BCUT2D eigenvalue weighted by Gasteiger charge is 2.55. The topological polar surface area (TPSA) is 73.9 Å². The number of carbonyl (C=O) groups excluding carboxylic acids is 1. The van der Waals surface area contributed by atoms with E-state index in [1.165, 1.54) is 12.4 Å². The van der Waals surface area contributed by atoms with Gasteiger partial charge in [0.05, 0.1) is 10.8 Å². The molecule has 1 saturated heterocycles. The fraction of sp³-hybridized carbons (Fsp3) is 0.550. The quantitative estimate of drug-likeness (QED) is 0.784. The smallest absolute Gasteiger partial charge is 0.257 e. The van der Waals surface area contributed by atoms with Crippen LogP contribution in [0.3, 0.4) is 0 Å². The number of H-pyrrole nitrogens is 1. The number of halogens is 2. The van der Waals surface area contributed by atoms with Gasteiger partial charge in [-0.2, -0.15) is 0 Å². The third-order valence-electron chi connectivity index (χ3n) is 6.29.